The third-order valence-electron chi connectivity index (χ3n) is 5.43. The summed E-state index contributed by atoms with van der Waals surface area (Å²) in [6, 6.07) is 25.8. The summed E-state index contributed by atoms with van der Waals surface area (Å²) >= 11 is 0. The lowest BCUT2D eigenvalue weighted by Crippen LogP contribution is -2.30. The van der Waals surface area contributed by atoms with Crippen molar-refractivity contribution in [2.75, 3.05) is 4.90 Å². The summed E-state index contributed by atoms with van der Waals surface area (Å²) in [5.41, 5.74) is 7.76. The maximum Gasteiger partial charge on any atom is 0.114 e. The molecule has 0 bridgehead atoms. The van der Waals surface area contributed by atoms with Crippen molar-refractivity contribution in [2.45, 2.75) is 25.3 Å². The molecule has 0 radical (unpaired) electrons. The van der Waals surface area contributed by atoms with E-state index in [2.05, 4.69) is 83.5 Å². The molecule has 0 saturated heterocycles. The molecule has 0 amide bonds. The van der Waals surface area contributed by atoms with Crippen LogP contribution in [0.25, 0.3) is 6.08 Å². The van der Waals surface area contributed by atoms with E-state index in [1.54, 1.807) is 0 Å². The Hall–Kier alpha value is -3.24. The molecule has 1 aliphatic carbocycles. The standard InChI is InChI=1S/C26H21N/c1-2-7-20(8-3-1)13-16-24-17-15-22-9-4-5-12-26(22)27(24)25-18-14-21-10-6-11-23(21)19-25/h1-5,7-9,12,14-15,17-19,24H,6,10-11H2. The molecule has 5 rings (SSSR count). The van der Waals surface area contributed by atoms with Crippen molar-refractivity contribution in [2.24, 2.45) is 0 Å². The van der Waals surface area contributed by atoms with Crippen molar-refractivity contribution < 1.29 is 0 Å². The van der Waals surface area contributed by atoms with Gasteiger partial charge in [0.1, 0.15) is 6.04 Å². The van der Waals surface area contributed by atoms with Crippen LogP contribution in [-0.2, 0) is 12.8 Å². The predicted molar refractivity (Wildman–Crippen MR) is 113 cm³/mol. The summed E-state index contributed by atoms with van der Waals surface area (Å²) < 4.78 is 0. The molecule has 0 fully saturated rings. The lowest BCUT2D eigenvalue weighted by Gasteiger charge is -2.33. The van der Waals surface area contributed by atoms with Gasteiger partial charge in [-0.25, -0.2) is 0 Å². The normalized spacial score (nSPS) is 17.0. The topological polar surface area (TPSA) is 3.24 Å². The fraction of sp³-hybridized carbons (Fsp3) is 0.154. The van der Waals surface area contributed by atoms with Crippen LogP contribution < -0.4 is 4.90 Å². The number of aryl methyl sites for hydroxylation is 2. The quantitative estimate of drug-likeness (QED) is 0.506. The molecular formula is C26H21N. The highest BCUT2D eigenvalue weighted by Gasteiger charge is 2.23. The maximum atomic E-state index is 3.48. The number of para-hydroxylation sites is 1. The monoisotopic (exact) mass is 347 g/mol. The van der Waals surface area contributed by atoms with E-state index < -0.39 is 0 Å². The maximum absolute atomic E-state index is 3.48. The summed E-state index contributed by atoms with van der Waals surface area (Å²) in [5, 5.41) is 0. The number of benzene rings is 3. The Labute approximate surface area is 161 Å². The first-order valence-electron chi connectivity index (χ1n) is 9.63. The zero-order chi connectivity index (χ0) is 18.1. The molecule has 0 spiro atoms. The Balaban J connectivity index is 1.59. The van der Waals surface area contributed by atoms with Gasteiger partial charge in [0.05, 0.1) is 0 Å². The molecule has 1 nitrogen and oxygen atoms in total. The van der Waals surface area contributed by atoms with Gasteiger partial charge in [0.2, 0.25) is 0 Å². The Kier molecular flexibility index (Phi) is 4.03. The molecule has 27 heavy (non-hydrogen) atoms. The van der Waals surface area contributed by atoms with Crippen LogP contribution in [0.4, 0.5) is 11.4 Å². The van der Waals surface area contributed by atoms with E-state index in [9.17, 15) is 0 Å². The minimum Gasteiger partial charge on any atom is -0.323 e. The molecule has 1 heterocycles. The smallest absolute Gasteiger partial charge is 0.114 e. The van der Waals surface area contributed by atoms with Crippen molar-refractivity contribution in [1.82, 2.24) is 0 Å². The van der Waals surface area contributed by atoms with E-state index in [0.29, 0.717) is 0 Å². The molecule has 3 aromatic carbocycles. The molecule has 0 N–H and O–H groups in total. The number of nitrogens with zero attached hydrogens (tertiary/aromatic N) is 1. The van der Waals surface area contributed by atoms with Crippen molar-refractivity contribution in [1.29, 1.82) is 0 Å². The second kappa shape index (κ2) is 6.82. The lowest BCUT2D eigenvalue weighted by molar-refractivity contribution is 0.911. The van der Waals surface area contributed by atoms with Gasteiger partial charge < -0.3 is 4.90 Å². The average molecular weight is 347 g/mol. The first-order chi connectivity index (χ1) is 13.4. The van der Waals surface area contributed by atoms with Crippen LogP contribution in [0, 0.1) is 11.8 Å². The van der Waals surface area contributed by atoms with E-state index >= 15 is 0 Å². The SMILES string of the molecule is C(#CC1C=Cc2ccccc2N1c1ccc2c(c1)CCC2)c1ccccc1. The van der Waals surface area contributed by atoms with E-state index in [4.69, 9.17) is 0 Å². The third kappa shape index (κ3) is 3.04. The minimum atomic E-state index is 0.0274. The first kappa shape index (κ1) is 16.0. The summed E-state index contributed by atoms with van der Waals surface area (Å²) in [5.74, 6) is 6.84. The fourth-order valence-electron chi connectivity index (χ4n) is 4.08. The number of rotatable bonds is 1. The first-order valence-corrected chi connectivity index (χ1v) is 9.63. The summed E-state index contributed by atoms with van der Waals surface area (Å²) in [6.07, 6.45) is 8.08. The summed E-state index contributed by atoms with van der Waals surface area (Å²) in [4.78, 5) is 2.38. The highest BCUT2D eigenvalue weighted by Crippen LogP contribution is 2.37. The van der Waals surface area contributed by atoms with Gasteiger partial charge in [-0.1, -0.05) is 60.4 Å². The average Bonchev–Trinajstić information content (AvgIpc) is 3.20. The number of hydrogen-bond donors (Lipinski definition) is 0. The Bertz CT molecular complexity index is 1070. The van der Waals surface area contributed by atoms with Crippen LogP contribution in [-0.4, -0.2) is 6.04 Å². The molecule has 0 saturated carbocycles. The van der Waals surface area contributed by atoms with Crippen molar-refractivity contribution in [3.63, 3.8) is 0 Å². The third-order valence-corrected chi connectivity index (χ3v) is 5.43. The lowest BCUT2D eigenvalue weighted by atomic mass is 10.0. The van der Waals surface area contributed by atoms with Gasteiger partial charge in [-0.15, -0.1) is 0 Å². The van der Waals surface area contributed by atoms with E-state index in [1.165, 1.54) is 47.3 Å². The highest BCUT2D eigenvalue weighted by molar-refractivity contribution is 5.80. The van der Waals surface area contributed by atoms with E-state index in [-0.39, 0.29) is 6.04 Å². The highest BCUT2D eigenvalue weighted by atomic mass is 15.2. The van der Waals surface area contributed by atoms with E-state index in [1.807, 2.05) is 18.2 Å². The number of fused-ring (bicyclic) bond motifs is 2. The zero-order valence-electron chi connectivity index (χ0n) is 15.2. The second-order valence-electron chi connectivity index (χ2n) is 7.17. The van der Waals surface area contributed by atoms with Gasteiger partial charge >= 0.3 is 0 Å². The molecule has 130 valence electrons. The zero-order valence-corrected chi connectivity index (χ0v) is 15.2. The van der Waals surface area contributed by atoms with Crippen LogP contribution in [0.15, 0.2) is 78.9 Å². The molecular weight excluding hydrogens is 326 g/mol. The van der Waals surface area contributed by atoms with Gasteiger partial charge in [-0.05, 0) is 72.4 Å². The molecule has 3 aromatic rings. The number of anilines is 2. The summed E-state index contributed by atoms with van der Waals surface area (Å²) in [7, 11) is 0. The van der Waals surface area contributed by atoms with Crippen LogP contribution in [0.5, 0.6) is 0 Å². The van der Waals surface area contributed by atoms with Crippen molar-refractivity contribution >= 4 is 17.5 Å². The molecule has 1 aliphatic heterocycles. The minimum absolute atomic E-state index is 0.0274. The second-order valence-corrected chi connectivity index (χ2v) is 7.17. The van der Waals surface area contributed by atoms with Gasteiger partial charge in [-0.2, -0.15) is 0 Å². The van der Waals surface area contributed by atoms with Gasteiger partial charge in [-0.3, -0.25) is 0 Å². The molecule has 0 aromatic heterocycles. The van der Waals surface area contributed by atoms with Crippen LogP contribution in [0.3, 0.4) is 0 Å². The van der Waals surface area contributed by atoms with Gasteiger partial charge in [0.25, 0.3) is 0 Å². The molecule has 1 unspecified atom stereocenters. The van der Waals surface area contributed by atoms with Gasteiger partial charge in [0.15, 0.2) is 0 Å². The van der Waals surface area contributed by atoms with Crippen molar-refractivity contribution in [3.8, 4) is 11.8 Å². The Morgan fingerprint density at radius 3 is 2.56 bits per heavy atom. The Morgan fingerprint density at radius 1 is 0.815 bits per heavy atom. The largest absolute Gasteiger partial charge is 0.323 e. The van der Waals surface area contributed by atoms with Crippen LogP contribution in [0.1, 0.15) is 28.7 Å². The predicted octanol–water partition coefficient (Wildman–Crippen LogP) is 5.76. The fourth-order valence-corrected chi connectivity index (χ4v) is 4.08. The van der Waals surface area contributed by atoms with E-state index in [0.717, 1.165) is 5.56 Å². The van der Waals surface area contributed by atoms with Crippen LogP contribution >= 0.6 is 0 Å². The van der Waals surface area contributed by atoms with Crippen molar-refractivity contribution in [3.05, 3.63) is 101 Å². The number of hydrogen-bond acceptors (Lipinski definition) is 1. The van der Waals surface area contributed by atoms with Crippen LogP contribution in [0.2, 0.25) is 0 Å². The molecule has 2 aliphatic rings. The Morgan fingerprint density at radius 2 is 1.63 bits per heavy atom. The molecule has 1 heteroatoms. The summed E-state index contributed by atoms with van der Waals surface area (Å²) in [6.45, 7) is 0. The molecule has 1 atom stereocenters. The van der Waals surface area contributed by atoms with Gasteiger partial charge in [0, 0.05) is 16.9 Å².